The van der Waals surface area contributed by atoms with Gasteiger partial charge in [-0.3, -0.25) is 46.8 Å². The number of halogens is 11. The van der Waals surface area contributed by atoms with Gasteiger partial charge in [-0.15, -0.1) is 26.3 Å². The Balaban J connectivity index is 0.000000197. The number of imidazole rings is 3. The van der Waals surface area contributed by atoms with E-state index in [2.05, 4.69) is 68.2 Å². The van der Waals surface area contributed by atoms with E-state index in [1.54, 1.807) is 59.6 Å². The molecule has 11 aromatic rings. The average molecular weight is 1610 g/mol. The number of ether oxygens (including phenoxy) is 5. The summed E-state index contributed by atoms with van der Waals surface area (Å²) in [6, 6.07) is 32.1. The fraction of sp³-hybridized carbons (Fsp3) is 0.328. The molecule has 0 aliphatic carbocycles. The van der Waals surface area contributed by atoms with E-state index in [1.165, 1.54) is 62.1 Å². The number of nitrogens with zero attached hydrogens (tertiary/aromatic N) is 11. The molecule has 0 fully saturated rings. The number of rotatable bonds is 21. The van der Waals surface area contributed by atoms with E-state index in [-0.39, 0.29) is 85.2 Å². The molecule has 0 aliphatic heterocycles. The fourth-order valence-corrected chi connectivity index (χ4v) is 10.6. The molecule has 24 nitrogen and oxygen atoms in total. The van der Waals surface area contributed by atoms with Crippen molar-refractivity contribution in [3.05, 3.63) is 226 Å². The van der Waals surface area contributed by atoms with Gasteiger partial charge in [0.1, 0.15) is 48.6 Å². The zero-order chi connectivity index (χ0) is 74.8. The summed E-state index contributed by atoms with van der Waals surface area (Å²) in [5.74, 6) is 0.296. The fourth-order valence-electron chi connectivity index (χ4n) is 9.77. The van der Waals surface area contributed by atoms with Crippen LogP contribution in [-0.4, -0.2) is 106 Å². The monoisotopic (exact) mass is 1610 g/mol. The molecule has 0 radical (unpaired) electrons. The van der Waals surface area contributed by atoms with Crippen LogP contribution in [0, 0.1) is 6.92 Å². The van der Waals surface area contributed by atoms with Crippen LogP contribution in [0.3, 0.4) is 0 Å². The van der Waals surface area contributed by atoms with Gasteiger partial charge in [-0.1, -0.05) is 120 Å². The third kappa shape index (κ3) is 21.5. The van der Waals surface area contributed by atoms with Gasteiger partial charge in [0.2, 0.25) is 0 Å². The summed E-state index contributed by atoms with van der Waals surface area (Å²) in [6.07, 6.45) is -7.00. The van der Waals surface area contributed by atoms with Crippen LogP contribution in [0.25, 0.3) is 33.5 Å². The van der Waals surface area contributed by atoms with Crippen molar-refractivity contribution in [2.24, 2.45) is 21.1 Å². The van der Waals surface area contributed by atoms with Crippen LogP contribution >= 0.6 is 66.7 Å². The van der Waals surface area contributed by atoms with Gasteiger partial charge in [0.15, 0.2) is 38.2 Å². The molecule has 6 aromatic heterocycles. The third-order valence-electron chi connectivity index (χ3n) is 14.4. The van der Waals surface area contributed by atoms with E-state index in [1.807, 2.05) is 61.7 Å². The van der Waals surface area contributed by atoms with Crippen molar-refractivity contribution >= 4 is 100 Å². The van der Waals surface area contributed by atoms with Crippen molar-refractivity contribution in [2.45, 2.75) is 92.4 Å². The van der Waals surface area contributed by atoms with Gasteiger partial charge < -0.3 is 37.9 Å². The number of hydrogen-bond donors (Lipinski definition) is 2. The lowest BCUT2D eigenvalue weighted by Crippen LogP contribution is -2.39. The van der Waals surface area contributed by atoms with Crippen LogP contribution in [0.4, 0.5) is 26.3 Å². The summed E-state index contributed by atoms with van der Waals surface area (Å²) in [5, 5.41) is 11.4. The Morgan fingerprint density at radius 3 is 1.32 bits per heavy atom. The first kappa shape index (κ1) is 80.2. The van der Waals surface area contributed by atoms with Gasteiger partial charge in [-0.25, -0.2) is 24.4 Å². The number of aliphatic hydroxyl groups excluding tert-OH is 1. The lowest BCUT2D eigenvalue weighted by Gasteiger charge is -2.12. The van der Waals surface area contributed by atoms with Crippen LogP contribution in [0.1, 0.15) is 62.5 Å². The second-order valence-electron chi connectivity index (χ2n) is 22.0. The highest BCUT2D eigenvalue weighted by molar-refractivity contribution is 9.10. The highest BCUT2D eigenvalue weighted by Gasteiger charge is 2.32. The quantitative estimate of drug-likeness (QED) is 0.0293. The number of aromatic nitrogens is 12. The second kappa shape index (κ2) is 36.7. The summed E-state index contributed by atoms with van der Waals surface area (Å²) in [4.78, 5) is 90.3. The predicted molar refractivity (Wildman–Crippen MR) is 383 cm³/mol. The molecule has 102 heavy (non-hydrogen) atoms. The summed E-state index contributed by atoms with van der Waals surface area (Å²) < 4.78 is 109. The standard InChI is InChI=1S/C25H24ClF3N4O5.C17H19ClN4O2.C13H10BrClN4O2.C9H9F3O3.C3H7Br/c1-3-11-32-22(34)20-21(31(2)24(32)35)30-23(33(20)15-16-7-9-17(26)10-8-16)37-13-12-36-18-5-4-6-19(14-18)38-25(27,28)29;1-4-9-21-16(23)14-15(20(3)17(21)24)19-11(2)22(14)10-12-5-7-13(18)8-6-12;1-18-10-9(11(20)17-13(18)21)19(12(14)16-10)6-7-2-4-8(15)5-3-7;10-9(11,12)15-8-3-1-2-7(6-8)14-5-4-13;1-2-3-4/h4-10,14H,3,11-13,15H2,1-2H3;5-8H,4,9-10H2,1-3H3;2-5H,6H2,1H3,(H,17,20,21);1-3,6,13H,4-5H2;2-3H2,1H3. The summed E-state index contributed by atoms with van der Waals surface area (Å²) >= 11 is 24.4. The SMILES string of the molecule is CCCBr.CCCn1c(=O)c2c(nc(C)n2Cc2ccc(Cl)cc2)n(C)c1=O.CCCn1c(=O)c2c(nc(OCCOc3cccc(OC(F)(F)F)c3)n2Cc2ccc(Cl)cc2)n(C)c1=O.Cn1c(=O)[nH]c(=O)c2c1nc(Br)n2Cc1ccc(Cl)cc1.OCCOc1cccc(OC(F)(F)F)c1. The molecule has 0 atom stereocenters. The maximum atomic E-state index is 13.3. The summed E-state index contributed by atoms with van der Waals surface area (Å²) in [6.45, 7) is 9.28. The number of nitrogens with one attached hydrogen (secondary N) is 1. The summed E-state index contributed by atoms with van der Waals surface area (Å²) in [5.41, 5.74) is 2.17. The van der Waals surface area contributed by atoms with E-state index in [0.717, 1.165) is 44.8 Å². The molecule has 0 saturated carbocycles. The van der Waals surface area contributed by atoms with Gasteiger partial charge in [-0.2, -0.15) is 4.98 Å². The van der Waals surface area contributed by atoms with Gasteiger partial charge in [0.25, 0.3) is 22.7 Å². The molecule has 0 saturated heterocycles. The minimum Gasteiger partial charge on any atom is -0.491 e. The second-order valence-corrected chi connectivity index (χ2v) is 24.8. The van der Waals surface area contributed by atoms with E-state index in [9.17, 15) is 55.1 Å². The highest BCUT2D eigenvalue weighted by atomic mass is 79.9. The van der Waals surface area contributed by atoms with E-state index < -0.39 is 41.0 Å². The number of aromatic amines is 1. The zero-order valence-electron chi connectivity index (χ0n) is 55.8. The molecule has 0 spiro atoms. The van der Waals surface area contributed by atoms with Crippen LogP contribution in [0.2, 0.25) is 15.1 Å². The number of hydrogen-bond acceptors (Lipinski definition) is 15. The van der Waals surface area contributed by atoms with Crippen LogP contribution in [0.15, 0.2) is 155 Å². The first-order chi connectivity index (χ1) is 48.4. The minimum atomic E-state index is -4.82. The molecule has 0 bridgehead atoms. The van der Waals surface area contributed by atoms with Crippen molar-refractivity contribution in [3.8, 4) is 29.0 Å². The van der Waals surface area contributed by atoms with Crippen LogP contribution in [-0.2, 0) is 53.9 Å². The molecule has 35 heteroatoms. The van der Waals surface area contributed by atoms with Crippen molar-refractivity contribution < 1.29 is 55.1 Å². The van der Waals surface area contributed by atoms with Crippen molar-refractivity contribution in [1.82, 2.24) is 56.5 Å². The van der Waals surface area contributed by atoms with E-state index in [0.29, 0.717) is 80.4 Å². The Morgan fingerprint density at radius 2 is 0.892 bits per heavy atom. The molecule has 2 N–H and O–H groups in total. The Bertz CT molecular complexity index is 5030. The molecule has 0 unspecified atom stereocenters. The maximum Gasteiger partial charge on any atom is 0.573 e. The molecule has 0 aliphatic rings. The normalized spacial score (nSPS) is 11.2. The zero-order valence-corrected chi connectivity index (χ0v) is 61.2. The Kier molecular flexibility index (Phi) is 28.9. The van der Waals surface area contributed by atoms with Crippen LogP contribution in [0.5, 0.6) is 29.0 Å². The van der Waals surface area contributed by atoms with Crippen molar-refractivity contribution in [2.75, 3.05) is 31.8 Å². The highest BCUT2D eigenvalue weighted by Crippen LogP contribution is 2.29. The first-order valence-electron chi connectivity index (χ1n) is 31.1. The lowest BCUT2D eigenvalue weighted by atomic mass is 10.2. The third-order valence-corrected chi connectivity index (χ3v) is 16.6. The topological polar surface area (TPSA) is 263 Å². The summed E-state index contributed by atoms with van der Waals surface area (Å²) in [7, 11) is 4.74. The Hall–Kier alpha value is -9.08. The number of aryl methyl sites for hydroxylation is 4. The maximum absolute atomic E-state index is 13.3. The van der Waals surface area contributed by atoms with Crippen molar-refractivity contribution in [1.29, 1.82) is 0 Å². The molecule has 11 rings (SSSR count). The molecule has 0 amide bonds. The number of fused-ring (bicyclic) bond motifs is 3. The lowest BCUT2D eigenvalue weighted by molar-refractivity contribution is -0.275. The average Bonchev–Trinajstić information content (AvgIpc) is 1.60. The molecule has 5 aromatic carbocycles. The number of H-pyrrole nitrogens is 1. The molecular formula is C67H69Br2Cl3F6N12O12. The van der Waals surface area contributed by atoms with Gasteiger partial charge in [-0.05, 0) is 119 Å². The van der Waals surface area contributed by atoms with Gasteiger partial charge in [0, 0.05) is 73.3 Å². The predicted octanol–water partition coefficient (Wildman–Crippen LogP) is 12.3. The number of aliphatic hydroxyl groups is 1. The van der Waals surface area contributed by atoms with Crippen molar-refractivity contribution in [3.63, 3.8) is 0 Å². The molecule has 546 valence electrons. The first-order valence-corrected chi connectivity index (χ1v) is 34.2. The van der Waals surface area contributed by atoms with E-state index in [4.69, 9.17) is 54.1 Å². The largest absolute Gasteiger partial charge is 0.573 e. The molecule has 6 heterocycles. The van der Waals surface area contributed by atoms with Crippen LogP contribution < -0.4 is 57.4 Å². The Morgan fingerprint density at radius 1 is 0.500 bits per heavy atom. The van der Waals surface area contributed by atoms with E-state index >= 15 is 0 Å². The van der Waals surface area contributed by atoms with Gasteiger partial charge in [0.05, 0.1) is 19.7 Å². The minimum absolute atomic E-state index is 0.0233. The molecular weight excluding hydrogens is 1540 g/mol. The number of benzene rings is 5. The smallest absolute Gasteiger partial charge is 0.491 e. The van der Waals surface area contributed by atoms with Gasteiger partial charge >= 0.3 is 29.8 Å². The Labute approximate surface area is 608 Å². The number of alkyl halides is 7.